The van der Waals surface area contributed by atoms with Crippen molar-refractivity contribution in [3.05, 3.63) is 57.0 Å². The number of piperazine rings is 1. The first-order chi connectivity index (χ1) is 12.6. The highest BCUT2D eigenvalue weighted by Crippen LogP contribution is 2.50. The lowest BCUT2D eigenvalue weighted by molar-refractivity contribution is -0.134. The molecule has 2 atom stereocenters. The van der Waals surface area contributed by atoms with Gasteiger partial charge in [-0.2, -0.15) is 0 Å². The van der Waals surface area contributed by atoms with E-state index in [1.165, 1.54) is 23.1 Å². The van der Waals surface area contributed by atoms with E-state index in [-0.39, 0.29) is 22.4 Å². The van der Waals surface area contributed by atoms with E-state index in [0.717, 1.165) is 6.42 Å². The Labute approximate surface area is 160 Å². The van der Waals surface area contributed by atoms with Crippen molar-refractivity contribution >= 4 is 34.8 Å². The molecule has 136 valence electrons. The third kappa shape index (κ3) is 3.23. The van der Waals surface area contributed by atoms with E-state index in [9.17, 15) is 14.0 Å². The Bertz CT molecular complexity index is 814. The zero-order valence-electron chi connectivity index (χ0n) is 14.0. The van der Waals surface area contributed by atoms with Crippen molar-refractivity contribution in [2.45, 2.75) is 12.3 Å². The highest BCUT2D eigenvalue weighted by atomic mass is 35.5. The molecule has 1 saturated carbocycles. The minimum absolute atomic E-state index is 0.0666. The highest BCUT2D eigenvalue weighted by Gasteiger charge is 2.46. The molecule has 7 heteroatoms. The topological polar surface area (TPSA) is 40.6 Å². The Morgan fingerprint density at radius 2 is 1.81 bits per heavy atom. The zero-order valence-corrected chi connectivity index (χ0v) is 15.6. The molecular weight excluding hydrogens is 375 g/mol. The first-order valence-electron chi connectivity index (χ1n) is 8.61. The normalized spacial score (nSPS) is 22.4. The molecule has 1 aromatic heterocycles. The Balaban J connectivity index is 1.36. The lowest BCUT2D eigenvalue weighted by atomic mass is 10.1. The number of rotatable bonds is 3. The third-order valence-corrected chi connectivity index (χ3v) is 6.39. The van der Waals surface area contributed by atoms with Crippen LogP contribution < -0.4 is 0 Å². The monoisotopic (exact) mass is 392 g/mol. The summed E-state index contributed by atoms with van der Waals surface area (Å²) in [7, 11) is 0. The van der Waals surface area contributed by atoms with Crippen molar-refractivity contribution in [1.82, 2.24) is 9.80 Å². The number of thiophene rings is 1. The summed E-state index contributed by atoms with van der Waals surface area (Å²) in [5.41, 5.74) is -0.0890. The second kappa shape index (κ2) is 7.00. The fourth-order valence-electron chi connectivity index (χ4n) is 3.51. The molecule has 4 rings (SSSR count). The number of carbonyl (C=O) groups is 2. The van der Waals surface area contributed by atoms with Gasteiger partial charge in [0, 0.05) is 42.9 Å². The molecular formula is C19H18ClFN2O2S. The maximum absolute atomic E-state index is 14.0. The van der Waals surface area contributed by atoms with Gasteiger partial charge in [0.25, 0.3) is 5.91 Å². The Morgan fingerprint density at radius 1 is 1.08 bits per heavy atom. The van der Waals surface area contributed by atoms with Crippen LogP contribution in [0.2, 0.25) is 5.02 Å². The van der Waals surface area contributed by atoms with Crippen molar-refractivity contribution in [3.8, 4) is 0 Å². The second-order valence-corrected chi connectivity index (χ2v) is 8.06. The number of hydrogen-bond acceptors (Lipinski definition) is 3. The van der Waals surface area contributed by atoms with Crippen molar-refractivity contribution in [2.75, 3.05) is 26.2 Å². The first kappa shape index (κ1) is 17.5. The fraction of sp³-hybridized carbons (Fsp3) is 0.368. The van der Waals surface area contributed by atoms with Gasteiger partial charge >= 0.3 is 0 Å². The molecule has 2 fully saturated rings. The maximum atomic E-state index is 14.0. The highest BCUT2D eigenvalue weighted by molar-refractivity contribution is 7.10. The van der Waals surface area contributed by atoms with Crippen LogP contribution in [0, 0.1) is 11.7 Å². The van der Waals surface area contributed by atoms with Crippen LogP contribution in [0.1, 0.15) is 27.6 Å². The molecule has 0 bridgehead atoms. The largest absolute Gasteiger partial charge is 0.339 e. The number of carbonyl (C=O) groups excluding carboxylic acids is 2. The summed E-state index contributed by atoms with van der Waals surface area (Å²) in [5.74, 6) is -0.448. The molecule has 1 aliphatic carbocycles. The molecule has 0 N–H and O–H groups in total. The van der Waals surface area contributed by atoms with Crippen LogP contribution in [-0.4, -0.2) is 47.8 Å². The van der Waals surface area contributed by atoms with E-state index < -0.39 is 11.7 Å². The summed E-state index contributed by atoms with van der Waals surface area (Å²) in [6.45, 7) is 1.74. The molecule has 2 aliphatic rings. The van der Waals surface area contributed by atoms with Gasteiger partial charge in [-0.15, -0.1) is 11.3 Å². The van der Waals surface area contributed by atoms with Gasteiger partial charge in [-0.3, -0.25) is 9.59 Å². The molecule has 2 unspecified atom stereocenters. The Morgan fingerprint density at radius 3 is 2.46 bits per heavy atom. The van der Waals surface area contributed by atoms with Crippen LogP contribution >= 0.6 is 22.9 Å². The number of benzene rings is 1. The summed E-state index contributed by atoms with van der Waals surface area (Å²) < 4.78 is 14.0. The molecule has 0 radical (unpaired) electrons. The van der Waals surface area contributed by atoms with Crippen LogP contribution in [0.4, 0.5) is 4.39 Å². The maximum Gasteiger partial charge on any atom is 0.258 e. The smallest absolute Gasteiger partial charge is 0.258 e. The Kier molecular flexibility index (Phi) is 4.71. The predicted octanol–water partition coefficient (Wildman–Crippen LogP) is 3.63. The van der Waals surface area contributed by atoms with E-state index in [1.807, 2.05) is 16.3 Å². The van der Waals surface area contributed by atoms with Gasteiger partial charge in [-0.1, -0.05) is 23.7 Å². The fourth-order valence-corrected chi connectivity index (χ4v) is 4.66. The minimum Gasteiger partial charge on any atom is -0.339 e. The van der Waals surface area contributed by atoms with E-state index in [1.54, 1.807) is 16.2 Å². The van der Waals surface area contributed by atoms with Crippen molar-refractivity contribution in [2.24, 2.45) is 5.92 Å². The van der Waals surface area contributed by atoms with Crippen molar-refractivity contribution in [3.63, 3.8) is 0 Å². The first-order valence-corrected chi connectivity index (χ1v) is 9.87. The van der Waals surface area contributed by atoms with Crippen LogP contribution in [0.5, 0.6) is 0 Å². The SMILES string of the molecule is O=C(c1c(F)cccc1Cl)N1CCN(C(=O)C2CC2c2cccs2)CC1. The summed E-state index contributed by atoms with van der Waals surface area (Å²) in [4.78, 5) is 29.9. The molecule has 2 heterocycles. The average Bonchev–Trinajstić information content (AvgIpc) is 3.25. The molecule has 4 nitrogen and oxygen atoms in total. The summed E-state index contributed by atoms with van der Waals surface area (Å²) >= 11 is 7.68. The van der Waals surface area contributed by atoms with Crippen LogP contribution in [-0.2, 0) is 4.79 Å². The number of amides is 2. The number of nitrogens with zero attached hydrogens (tertiary/aromatic N) is 2. The van der Waals surface area contributed by atoms with Crippen molar-refractivity contribution in [1.29, 1.82) is 0 Å². The van der Waals surface area contributed by atoms with Crippen LogP contribution in [0.3, 0.4) is 0 Å². The molecule has 1 saturated heterocycles. The minimum atomic E-state index is -0.613. The summed E-state index contributed by atoms with van der Waals surface area (Å²) in [6.07, 6.45) is 0.906. The third-order valence-electron chi connectivity index (χ3n) is 5.07. The Hall–Kier alpha value is -1.92. The van der Waals surface area contributed by atoms with E-state index in [2.05, 4.69) is 6.07 Å². The van der Waals surface area contributed by atoms with Gasteiger partial charge < -0.3 is 9.80 Å². The molecule has 1 aliphatic heterocycles. The predicted molar refractivity (Wildman–Crippen MR) is 99.1 cm³/mol. The second-order valence-electron chi connectivity index (χ2n) is 6.68. The average molecular weight is 393 g/mol. The van der Waals surface area contributed by atoms with Gasteiger partial charge in [0.1, 0.15) is 5.82 Å². The van der Waals surface area contributed by atoms with Gasteiger partial charge in [-0.05, 0) is 30.0 Å². The van der Waals surface area contributed by atoms with E-state index >= 15 is 0 Å². The van der Waals surface area contributed by atoms with Gasteiger partial charge in [0.05, 0.1) is 10.6 Å². The van der Waals surface area contributed by atoms with Gasteiger partial charge in [-0.25, -0.2) is 4.39 Å². The summed E-state index contributed by atoms with van der Waals surface area (Å²) in [5, 5.41) is 2.15. The zero-order chi connectivity index (χ0) is 18.3. The molecule has 2 amide bonds. The van der Waals surface area contributed by atoms with Crippen molar-refractivity contribution < 1.29 is 14.0 Å². The van der Waals surface area contributed by atoms with E-state index in [4.69, 9.17) is 11.6 Å². The lowest BCUT2D eigenvalue weighted by Crippen LogP contribution is -2.51. The molecule has 2 aromatic rings. The van der Waals surface area contributed by atoms with Crippen LogP contribution in [0.15, 0.2) is 35.7 Å². The number of halogens is 2. The molecule has 26 heavy (non-hydrogen) atoms. The van der Waals surface area contributed by atoms with Gasteiger partial charge in [0.2, 0.25) is 5.91 Å². The quantitative estimate of drug-likeness (QED) is 0.800. The lowest BCUT2D eigenvalue weighted by Gasteiger charge is -2.35. The van der Waals surface area contributed by atoms with E-state index in [0.29, 0.717) is 32.1 Å². The molecule has 0 spiro atoms. The molecule has 1 aromatic carbocycles. The number of hydrogen-bond donors (Lipinski definition) is 0. The van der Waals surface area contributed by atoms with Gasteiger partial charge in [0.15, 0.2) is 0 Å². The van der Waals surface area contributed by atoms with Crippen LogP contribution in [0.25, 0.3) is 0 Å². The standard InChI is InChI=1S/C19H18ClFN2O2S/c20-14-3-1-4-15(21)17(14)19(25)23-8-6-22(7-9-23)18(24)13-11-12(13)16-5-2-10-26-16/h1-5,10,12-13H,6-9,11H2. The summed E-state index contributed by atoms with van der Waals surface area (Å²) in [6, 6.07) is 8.31.